The maximum absolute atomic E-state index is 13.2. The zero-order chi connectivity index (χ0) is 24.8. The van der Waals surface area contributed by atoms with Gasteiger partial charge in [0, 0.05) is 10.0 Å². The van der Waals surface area contributed by atoms with E-state index < -0.39 is 17.8 Å². The summed E-state index contributed by atoms with van der Waals surface area (Å²) in [6, 6.07) is 7.63. The van der Waals surface area contributed by atoms with Crippen LogP contribution in [0.3, 0.4) is 0 Å². The van der Waals surface area contributed by atoms with Crippen LogP contribution in [-0.2, 0) is 16.0 Å². The number of anilines is 1. The van der Waals surface area contributed by atoms with E-state index >= 15 is 0 Å². The molecule has 7 nitrogen and oxygen atoms in total. The van der Waals surface area contributed by atoms with Crippen LogP contribution in [0.1, 0.15) is 23.6 Å². The molecule has 0 radical (unpaired) electrons. The van der Waals surface area contributed by atoms with Gasteiger partial charge >= 0.3 is 6.03 Å². The highest BCUT2D eigenvalue weighted by molar-refractivity contribution is 9.10. The quantitative estimate of drug-likeness (QED) is 0.237. The van der Waals surface area contributed by atoms with Crippen molar-refractivity contribution >= 4 is 45.5 Å². The Morgan fingerprint density at radius 2 is 1.97 bits per heavy atom. The van der Waals surface area contributed by atoms with Crippen molar-refractivity contribution in [3.8, 4) is 23.8 Å². The fourth-order valence-corrected chi connectivity index (χ4v) is 3.69. The summed E-state index contributed by atoms with van der Waals surface area (Å²) in [7, 11) is 0. The first kappa shape index (κ1) is 24.8. The van der Waals surface area contributed by atoms with Crippen LogP contribution in [-0.4, -0.2) is 31.1 Å². The van der Waals surface area contributed by atoms with Gasteiger partial charge in [-0.3, -0.25) is 14.9 Å². The highest BCUT2D eigenvalue weighted by Gasteiger charge is 2.37. The fraction of sp³-hybridized carbons (Fsp3) is 0.192. The first-order chi connectivity index (χ1) is 16.3. The van der Waals surface area contributed by atoms with E-state index in [1.165, 1.54) is 6.08 Å². The Hall–Kier alpha value is -3.83. The molecule has 3 rings (SSSR count). The van der Waals surface area contributed by atoms with Gasteiger partial charge in [-0.1, -0.05) is 27.9 Å². The molecular weight excluding hydrogens is 500 g/mol. The van der Waals surface area contributed by atoms with E-state index in [0.29, 0.717) is 35.8 Å². The summed E-state index contributed by atoms with van der Waals surface area (Å²) in [6.07, 6.45) is 8.89. The van der Waals surface area contributed by atoms with Crippen molar-refractivity contribution in [2.24, 2.45) is 0 Å². The number of aryl methyl sites for hydroxylation is 1. The Morgan fingerprint density at radius 1 is 1.21 bits per heavy atom. The number of hydrogen-bond donors (Lipinski definition) is 1. The van der Waals surface area contributed by atoms with E-state index in [4.69, 9.17) is 15.9 Å². The van der Waals surface area contributed by atoms with Crippen LogP contribution in [0.25, 0.3) is 6.08 Å². The minimum absolute atomic E-state index is 0.0508. The van der Waals surface area contributed by atoms with Crippen molar-refractivity contribution in [3.63, 3.8) is 0 Å². The zero-order valence-corrected chi connectivity index (χ0v) is 20.4. The van der Waals surface area contributed by atoms with Crippen LogP contribution in [0.5, 0.6) is 11.5 Å². The summed E-state index contributed by atoms with van der Waals surface area (Å²) in [5.74, 6) is 1.81. The number of rotatable bonds is 8. The zero-order valence-electron chi connectivity index (χ0n) is 18.8. The molecule has 1 aliphatic rings. The monoisotopic (exact) mass is 522 g/mol. The Morgan fingerprint density at radius 3 is 2.62 bits per heavy atom. The van der Waals surface area contributed by atoms with Gasteiger partial charge in [0.15, 0.2) is 11.5 Å². The number of urea groups is 1. The number of barbiturate groups is 1. The molecule has 1 saturated heterocycles. The third kappa shape index (κ3) is 5.21. The molecule has 0 atom stereocenters. The van der Waals surface area contributed by atoms with Crippen LogP contribution < -0.4 is 19.7 Å². The van der Waals surface area contributed by atoms with E-state index in [-0.39, 0.29) is 12.2 Å². The van der Waals surface area contributed by atoms with Gasteiger partial charge in [-0.25, -0.2) is 9.69 Å². The number of nitrogens with one attached hydrogen (secondary N) is 1. The van der Waals surface area contributed by atoms with Gasteiger partial charge in [-0.15, -0.1) is 13.0 Å². The smallest absolute Gasteiger partial charge is 0.335 e. The standard InChI is InChI=1S/C26H23BrN2O5/c1-5-8-18-13-17(15-22(33-7-3)23(18)34-11-6-2)14-20-24(30)28-26(32)29(25(20)31)19-9-10-21(27)16(4)12-19/h2,5,9-10,12-15H,1,7-8,11H2,3-4H3,(H,28,30,32)/b20-14+. The molecule has 1 heterocycles. The van der Waals surface area contributed by atoms with Gasteiger partial charge in [-0.05, 0) is 67.8 Å². The maximum atomic E-state index is 13.2. The summed E-state index contributed by atoms with van der Waals surface area (Å²) >= 11 is 3.40. The van der Waals surface area contributed by atoms with Gasteiger partial charge < -0.3 is 9.47 Å². The Labute approximate surface area is 206 Å². The summed E-state index contributed by atoms with van der Waals surface area (Å²) in [6.45, 7) is 7.85. The topological polar surface area (TPSA) is 84.9 Å². The molecule has 1 aliphatic heterocycles. The third-order valence-electron chi connectivity index (χ3n) is 4.93. The lowest BCUT2D eigenvalue weighted by Gasteiger charge is -2.27. The Balaban J connectivity index is 2.08. The number of carbonyl (C=O) groups excluding carboxylic acids is 3. The first-order valence-corrected chi connectivity index (χ1v) is 11.2. The molecule has 34 heavy (non-hydrogen) atoms. The van der Waals surface area contributed by atoms with Crippen molar-refractivity contribution in [1.29, 1.82) is 0 Å². The maximum Gasteiger partial charge on any atom is 0.335 e. The van der Waals surface area contributed by atoms with E-state index in [9.17, 15) is 14.4 Å². The number of allylic oxidation sites excluding steroid dienone is 1. The molecule has 1 fully saturated rings. The predicted octanol–water partition coefficient (Wildman–Crippen LogP) is 4.56. The molecule has 0 unspecified atom stereocenters. The molecule has 174 valence electrons. The highest BCUT2D eigenvalue weighted by Crippen LogP contribution is 2.35. The summed E-state index contributed by atoms with van der Waals surface area (Å²) in [5, 5.41) is 2.23. The Bertz CT molecular complexity index is 1240. The number of carbonyl (C=O) groups is 3. The van der Waals surface area contributed by atoms with Crippen molar-refractivity contribution in [2.45, 2.75) is 20.3 Å². The lowest BCUT2D eigenvalue weighted by molar-refractivity contribution is -0.122. The number of imide groups is 2. The predicted molar refractivity (Wildman–Crippen MR) is 134 cm³/mol. The largest absolute Gasteiger partial charge is 0.490 e. The molecule has 2 aromatic carbocycles. The normalized spacial score (nSPS) is 14.6. The van der Waals surface area contributed by atoms with Crippen LogP contribution in [0, 0.1) is 19.3 Å². The van der Waals surface area contributed by atoms with Gasteiger partial charge in [-0.2, -0.15) is 0 Å². The summed E-state index contributed by atoms with van der Waals surface area (Å²) < 4.78 is 12.2. The molecule has 2 aromatic rings. The van der Waals surface area contributed by atoms with Crippen LogP contribution in [0.2, 0.25) is 0 Å². The lowest BCUT2D eigenvalue weighted by Crippen LogP contribution is -2.54. The second kappa shape index (κ2) is 10.9. The highest BCUT2D eigenvalue weighted by atomic mass is 79.9. The Kier molecular flexibility index (Phi) is 7.92. The van der Waals surface area contributed by atoms with E-state index in [1.54, 1.807) is 36.4 Å². The molecule has 0 saturated carbocycles. The van der Waals surface area contributed by atoms with Crippen LogP contribution in [0.4, 0.5) is 10.5 Å². The van der Waals surface area contributed by atoms with E-state index in [1.807, 2.05) is 13.8 Å². The van der Waals surface area contributed by atoms with Crippen molar-refractivity contribution in [3.05, 3.63) is 69.7 Å². The van der Waals surface area contributed by atoms with Crippen molar-refractivity contribution in [2.75, 3.05) is 18.1 Å². The molecule has 0 spiro atoms. The van der Waals surface area contributed by atoms with Crippen LogP contribution in [0.15, 0.2) is 53.0 Å². The summed E-state index contributed by atoms with van der Waals surface area (Å²) in [5.41, 5.74) is 2.24. The van der Waals surface area contributed by atoms with Crippen molar-refractivity contribution < 1.29 is 23.9 Å². The lowest BCUT2D eigenvalue weighted by atomic mass is 10.0. The van der Waals surface area contributed by atoms with Crippen LogP contribution >= 0.6 is 15.9 Å². The number of amides is 4. The fourth-order valence-electron chi connectivity index (χ4n) is 3.44. The molecule has 0 bridgehead atoms. The minimum Gasteiger partial charge on any atom is -0.490 e. The number of halogens is 1. The second-order valence-corrected chi connectivity index (χ2v) is 8.17. The molecule has 8 heteroatoms. The average Bonchev–Trinajstić information content (AvgIpc) is 2.79. The van der Waals surface area contributed by atoms with Crippen molar-refractivity contribution in [1.82, 2.24) is 5.32 Å². The summed E-state index contributed by atoms with van der Waals surface area (Å²) in [4.78, 5) is 39.3. The molecule has 4 amide bonds. The number of benzene rings is 2. The molecule has 0 aliphatic carbocycles. The van der Waals surface area contributed by atoms with E-state index in [2.05, 4.69) is 33.7 Å². The number of terminal acetylenes is 1. The molecule has 1 N–H and O–H groups in total. The number of nitrogens with zero attached hydrogens (tertiary/aromatic N) is 1. The van der Waals surface area contributed by atoms with Gasteiger partial charge in [0.2, 0.25) is 0 Å². The molecule has 0 aromatic heterocycles. The molecular formula is C26H23BrN2O5. The number of ether oxygens (including phenoxy) is 2. The van der Waals surface area contributed by atoms with Gasteiger partial charge in [0.25, 0.3) is 11.8 Å². The minimum atomic E-state index is -0.811. The SMILES string of the molecule is C#CCOc1c(CC=C)cc(/C=C2\C(=O)NC(=O)N(c3ccc(Br)c(C)c3)C2=O)cc1OCC. The number of hydrogen-bond acceptors (Lipinski definition) is 5. The van der Waals surface area contributed by atoms with E-state index in [0.717, 1.165) is 20.5 Å². The van der Waals surface area contributed by atoms with Gasteiger partial charge in [0.1, 0.15) is 12.2 Å². The average molecular weight is 523 g/mol. The van der Waals surface area contributed by atoms with Gasteiger partial charge in [0.05, 0.1) is 12.3 Å². The first-order valence-electron chi connectivity index (χ1n) is 10.4. The second-order valence-electron chi connectivity index (χ2n) is 7.32. The third-order valence-corrected chi connectivity index (χ3v) is 5.82.